The van der Waals surface area contributed by atoms with Crippen LogP contribution in [0.4, 0.5) is 0 Å². The largest absolute Gasteiger partial charge is 0.426 e. The first-order valence-corrected chi connectivity index (χ1v) is 8.00. The van der Waals surface area contributed by atoms with Crippen LogP contribution in [-0.2, 0) is 11.2 Å². The molecular weight excluding hydrogens is 248 g/mol. The number of hydrogen-bond acceptors (Lipinski definition) is 2. The molecule has 0 aromatic heterocycles. The van der Waals surface area contributed by atoms with Crippen molar-refractivity contribution in [1.29, 1.82) is 0 Å². The Kier molecular flexibility index (Phi) is 8.77. The summed E-state index contributed by atoms with van der Waals surface area (Å²) in [6.45, 7) is 3.70. The number of carbonyl (C=O) groups is 1. The Bertz CT molecular complexity index is 385. The monoisotopic (exact) mass is 276 g/mol. The first kappa shape index (κ1) is 16.7. The zero-order chi connectivity index (χ0) is 14.6. The van der Waals surface area contributed by atoms with Crippen molar-refractivity contribution in [3.8, 4) is 5.75 Å². The van der Waals surface area contributed by atoms with Gasteiger partial charge in [-0.2, -0.15) is 0 Å². The lowest BCUT2D eigenvalue weighted by molar-refractivity contribution is -0.131. The molecule has 1 aromatic carbocycles. The molecule has 0 radical (unpaired) electrons. The molecule has 0 aliphatic rings. The fraction of sp³-hybridized carbons (Fsp3) is 0.611. The smallest absolute Gasteiger partial charge is 0.308 e. The Morgan fingerprint density at radius 1 is 0.950 bits per heavy atom. The van der Waals surface area contributed by atoms with Crippen molar-refractivity contribution in [2.75, 3.05) is 0 Å². The highest BCUT2D eigenvalue weighted by Crippen LogP contribution is 2.21. The lowest BCUT2D eigenvalue weighted by atomic mass is 10.0. The number of rotatable bonds is 10. The third-order valence-corrected chi connectivity index (χ3v) is 3.53. The van der Waals surface area contributed by atoms with E-state index in [0.29, 0.717) is 0 Å². The molecule has 0 unspecified atom stereocenters. The fourth-order valence-corrected chi connectivity index (χ4v) is 2.41. The third-order valence-electron chi connectivity index (χ3n) is 3.53. The minimum absolute atomic E-state index is 0.242. The average molecular weight is 276 g/mol. The van der Waals surface area contributed by atoms with Crippen LogP contribution in [0.3, 0.4) is 0 Å². The molecule has 0 saturated heterocycles. The minimum atomic E-state index is -0.242. The highest BCUT2D eigenvalue weighted by atomic mass is 16.5. The van der Waals surface area contributed by atoms with E-state index in [2.05, 4.69) is 13.0 Å². The SMILES string of the molecule is CCCCCCCCCCc1ccccc1OC(C)=O. The van der Waals surface area contributed by atoms with Crippen LogP contribution < -0.4 is 4.74 Å². The Morgan fingerprint density at radius 2 is 1.55 bits per heavy atom. The van der Waals surface area contributed by atoms with Crippen molar-refractivity contribution in [2.24, 2.45) is 0 Å². The standard InChI is InChI=1S/C18H28O2/c1-3-4-5-6-7-8-9-10-13-17-14-11-12-15-18(17)20-16(2)19/h11-12,14-15H,3-10,13H2,1-2H3. The van der Waals surface area contributed by atoms with Gasteiger partial charge in [0.05, 0.1) is 0 Å². The number of para-hydroxylation sites is 1. The van der Waals surface area contributed by atoms with Gasteiger partial charge in [-0.1, -0.05) is 70.1 Å². The zero-order valence-corrected chi connectivity index (χ0v) is 13.0. The summed E-state index contributed by atoms with van der Waals surface area (Å²) in [7, 11) is 0. The molecule has 0 aliphatic carbocycles. The highest BCUT2D eigenvalue weighted by Gasteiger charge is 2.04. The lowest BCUT2D eigenvalue weighted by Gasteiger charge is -2.08. The molecule has 1 aromatic rings. The minimum Gasteiger partial charge on any atom is -0.426 e. The normalized spacial score (nSPS) is 10.5. The predicted octanol–water partition coefficient (Wildman–Crippen LogP) is 5.30. The molecule has 0 aliphatic heterocycles. The second-order valence-electron chi connectivity index (χ2n) is 5.43. The molecule has 20 heavy (non-hydrogen) atoms. The number of ether oxygens (including phenoxy) is 1. The van der Waals surface area contributed by atoms with Gasteiger partial charge >= 0.3 is 5.97 Å². The van der Waals surface area contributed by atoms with Crippen LogP contribution in [-0.4, -0.2) is 5.97 Å². The molecule has 0 amide bonds. The van der Waals surface area contributed by atoms with Gasteiger partial charge in [0.15, 0.2) is 0 Å². The summed E-state index contributed by atoms with van der Waals surface area (Å²) in [4.78, 5) is 11.0. The van der Waals surface area contributed by atoms with Crippen LogP contribution in [0.15, 0.2) is 24.3 Å². The van der Waals surface area contributed by atoms with Crippen molar-refractivity contribution in [2.45, 2.75) is 71.6 Å². The second-order valence-corrected chi connectivity index (χ2v) is 5.43. The van der Waals surface area contributed by atoms with Crippen LogP contribution in [0.5, 0.6) is 5.75 Å². The summed E-state index contributed by atoms with van der Waals surface area (Å²) in [5.74, 6) is 0.483. The van der Waals surface area contributed by atoms with Crippen LogP contribution in [0.25, 0.3) is 0 Å². The van der Waals surface area contributed by atoms with Crippen LogP contribution in [0, 0.1) is 0 Å². The van der Waals surface area contributed by atoms with Crippen molar-refractivity contribution in [3.05, 3.63) is 29.8 Å². The van der Waals surface area contributed by atoms with Gasteiger partial charge in [0, 0.05) is 6.92 Å². The van der Waals surface area contributed by atoms with Gasteiger partial charge in [0.2, 0.25) is 0 Å². The van der Waals surface area contributed by atoms with Crippen molar-refractivity contribution in [1.82, 2.24) is 0 Å². The Labute approximate surface area is 123 Å². The van der Waals surface area contributed by atoms with Gasteiger partial charge in [-0.25, -0.2) is 0 Å². The topological polar surface area (TPSA) is 26.3 Å². The molecule has 1 rings (SSSR count). The maximum absolute atomic E-state index is 11.0. The molecule has 0 heterocycles. The summed E-state index contributed by atoms with van der Waals surface area (Å²) in [6.07, 6.45) is 11.5. The fourth-order valence-electron chi connectivity index (χ4n) is 2.41. The Morgan fingerprint density at radius 3 is 2.20 bits per heavy atom. The number of aryl methyl sites for hydroxylation is 1. The molecule has 0 spiro atoms. The van der Waals surface area contributed by atoms with E-state index in [1.165, 1.54) is 58.3 Å². The molecule has 2 nitrogen and oxygen atoms in total. The summed E-state index contributed by atoms with van der Waals surface area (Å²) in [6, 6.07) is 7.85. The van der Waals surface area contributed by atoms with Crippen LogP contribution in [0.1, 0.15) is 70.8 Å². The van der Waals surface area contributed by atoms with Crippen LogP contribution in [0.2, 0.25) is 0 Å². The summed E-state index contributed by atoms with van der Waals surface area (Å²) >= 11 is 0. The number of hydrogen-bond donors (Lipinski definition) is 0. The molecular formula is C18H28O2. The molecule has 0 fully saturated rings. The van der Waals surface area contributed by atoms with E-state index in [1.807, 2.05) is 18.2 Å². The first-order valence-electron chi connectivity index (χ1n) is 8.00. The van der Waals surface area contributed by atoms with Gasteiger partial charge < -0.3 is 4.74 Å². The molecule has 0 saturated carbocycles. The van der Waals surface area contributed by atoms with Crippen LogP contribution >= 0.6 is 0 Å². The summed E-state index contributed by atoms with van der Waals surface area (Å²) in [5.41, 5.74) is 1.15. The third kappa shape index (κ3) is 7.32. The van der Waals surface area contributed by atoms with E-state index in [1.54, 1.807) is 0 Å². The Balaban J connectivity index is 2.20. The predicted molar refractivity (Wildman–Crippen MR) is 84.1 cm³/mol. The second kappa shape index (κ2) is 10.5. The van der Waals surface area contributed by atoms with E-state index < -0.39 is 0 Å². The molecule has 0 N–H and O–H groups in total. The van der Waals surface area contributed by atoms with Gasteiger partial charge in [-0.3, -0.25) is 4.79 Å². The molecule has 0 bridgehead atoms. The van der Waals surface area contributed by atoms with Gasteiger partial charge in [-0.05, 0) is 24.5 Å². The molecule has 112 valence electrons. The summed E-state index contributed by atoms with van der Waals surface area (Å²) < 4.78 is 5.23. The summed E-state index contributed by atoms with van der Waals surface area (Å²) in [5, 5.41) is 0. The zero-order valence-electron chi connectivity index (χ0n) is 13.0. The van der Waals surface area contributed by atoms with Gasteiger partial charge in [-0.15, -0.1) is 0 Å². The van der Waals surface area contributed by atoms with Crippen molar-refractivity contribution >= 4 is 5.97 Å². The number of esters is 1. The first-order chi connectivity index (χ1) is 9.74. The highest BCUT2D eigenvalue weighted by molar-refractivity contribution is 5.69. The lowest BCUT2D eigenvalue weighted by Crippen LogP contribution is -2.03. The van der Waals surface area contributed by atoms with E-state index in [0.717, 1.165) is 17.7 Å². The van der Waals surface area contributed by atoms with E-state index >= 15 is 0 Å². The molecule has 2 heteroatoms. The maximum Gasteiger partial charge on any atom is 0.308 e. The van der Waals surface area contributed by atoms with E-state index in [4.69, 9.17) is 4.74 Å². The maximum atomic E-state index is 11.0. The van der Waals surface area contributed by atoms with Crippen molar-refractivity contribution < 1.29 is 9.53 Å². The van der Waals surface area contributed by atoms with Crippen molar-refractivity contribution in [3.63, 3.8) is 0 Å². The molecule has 0 atom stereocenters. The number of benzene rings is 1. The van der Waals surface area contributed by atoms with Gasteiger partial charge in [0.1, 0.15) is 5.75 Å². The Hall–Kier alpha value is -1.31. The quantitative estimate of drug-likeness (QED) is 0.329. The van der Waals surface area contributed by atoms with E-state index in [9.17, 15) is 4.79 Å². The number of carbonyl (C=O) groups excluding carboxylic acids is 1. The van der Waals surface area contributed by atoms with Gasteiger partial charge in [0.25, 0.3) is 0 Å². The average Bonchev–Trinajstić information content (AvgIpc) is 2.43. The number of unbranched alkanes of at least 4 members (excludes halogenated alkanes) is 7. The van der Waals surface area contributed by atoms with E-state index in [-0.39, 0.29) is 5.97 Å².